The highest BCUT2D eigenvalue weighted by molar-refractivity contribution is 5.78. The van der Waals surface area contributed by atoms with E-state index in [0.717, 1.165) is 6.42 Å². The number of carbonyl (C=O) groups excluding carboxylic acids is 1. The summed E-state index contributed by atoms with van der Waals surface area (Å²) in [5.41, 5.74) is 0. The SMILES string of the molecule is COCC(C)CC(=O)N1CCCC(C(=O)O)C1. The van der Waals surface area contributed by atoms with Crippen LogP contribution in [0, 0.1) is 11.8 Å². The highest BCUT2D eigenvalue weighted by atomic mass is 16.5. The molecule has 1 N–H and O–H groups in total. The van der Waals surface area contributed by atoms with E-state index in [0.29, 0.717) is 32.5 Å². The van der Waals surface area contributed by atoms with Crippen LogP contribution in [0.5, 0.6) is 0 Å². The van der Waals surface area contributed by atoms with E-state index in [1.165, 1.54) is 0 Å². The predicted molar refractivity (Wildman–Crippen MR) is 62.6 cm³/mol. The molecule has 0 aliphatic carbocycles. The normalized spacial score (nSPS) is 22.2. The van der Waals surface area contributed by atoms with Gasteiger partial charge in [-0.2, -0.15) is 0 Å². The van der Waals surface area contributed by atoms with E-state index in [9.17, 15) is 9.59 Å². The molecular formula is C12H21NO4. The molecule has 17 heavy (non-hydrogen) atoms. The van der Waals surface area contributed by atoms with Gasteiger partial charge in [-0.05, 0) is 18.8 Å². The number of amides is 1. The molecule has 0 aromatic heterocycles. The van der Waals surface area contributed by atoms with Crippen molar-refractivity contribution in [1.82, 2.24) is 4.90 Å². The summed E-state index contributed by atoms with van der Waals surface area (Å²) >= 11 is 0. The van der Waals surface area contributed by atoms with Crippen LogP contribution in [-0.4, -0.2) is 48.7 Å². The van der Waals surface area contributed by atoms with E-state index in [4.69, 9.17) is 9.84 Å². The van der Waals surface area contributed by atoms with Gasteiger partial charge in [-0.15, -0.1) is 0 Å². The van der Waals surface area contributed by atoms with Gasteiger partial charge in [-0.3, -0.25) is 9.59 Å². The molecule has 0 spiro atoms. The standard InChI is InChI=1S/C12H21NO4/c1-9(8-17-2)6-11(14)13-5-3-4-10(7-13)12(15)16/h9-10H,3-8H2,1-2H3,(H,15,16). The van der Waals surface area contributed by atoms with Gasteiger partial charge in [0.15, 0.2) is 0 Å². The fraction of sp³-hybridized carbons (Fsp3) is 0.833. The molecule has 5 nitrogen and oxygen atoms in total. The third-order valence-electron chi connectivity index (χ3n) is 3.10. The average Bonchev–Trinajstić information content (AvgIpc) is 2.29. The van der Waals surface area contributed by atoms with E-state index >= 15 is 0 Å². The number of hydrogen-bond donors (Lipinski definition) is 1. The molecule has 1 fully saturated rings. The van der Waals surface area contributed by atoms with Gasteiger partial charge in [-0.25, -0.2) is 0 Å². The van der Waals surface area contributed by atoms with Crippen LogP contribution >= 0.6 is 0 Å². The minimum atomic E-state index is -0.799. The first kappa shape index (κ1) is 14.0. The summed E-state index contributed by atoms with van der Waals surface area (Å²) < 4.78 is 4.99. The van der Waals surface area contributed by atoms with Crippen LogP contribution in [0.3, 0.4) is 0 Å². The number of carboxylic acids is 1. The zero-order valence-electron chi connectivity index (χ0n) is 10.5. The van der Waals surface area contributed by atoms with Gasteiger partial charge < -0.3 is 14.7 Å². The van der Waals surface area contributed by atoms with Gasteiger partial charge >= 0.3 is 5.97 Å². The molecule has 2 atom stereocenters. The Morgan fingerprint density at radius 1 is 1.53 bits per heavy atom. The lowest BCUT2D eigenvalue weighted by atomic mass is 9.97. The summed E-state index contributed by atoms with van der Waals surface area (Å²) in [7, 11) is 1.61. The van der Waals surface area contributed by atoms with Crippen LogP contribution in [0.4, 0.5) is 0 Å². The Balaban J connectivity index is 2.43. The van der Waals surface area contributed by atoms with E-state index in [-0.39, 0.29) is 11.8 Å². The van der Waals surface area contributed by atoms with Gasteiger partial charge in [0.2, 0.25) is 5.91 Å². The number of piperidine rings is 1. The quantitative estimate of drug-likeness (QED) is 0.781. The number of aliphatic carboxylic acids is 1. The van der Waals surface area contributed by atoms with Gasteiger partial charge in [-0.1, -0.05) is 6.92 Å². The number of nitrogens with zero attached hydrogens (tertiary/aromatic N) is 1. The maximum atomic E-state index is 11.9. The minimum absolute atomic E-state index is 0.0421. The molecular weight excluding hydrogens is 222 g/mol. The number of carboxylic acid groups (broad SMARTS) is 1. The topological polar surface area (TPSA) is 66.8 Å². The fourth-order valence-corrected chi connectivity index (χ4v) is 2.18. The lowest BCUT2D eigenvalue weighted by Crippen LogP contribution is -2.42. The molecule has 0 aromatic rings. The summed E-state index contributed by atoms with van der Waals surface area (Å²) in [5, 5.41) is 8.95. The first-order chi connectivity index (χ1) is 8.04. The largest absolute Gasteiger partial charge is 0.481 e. The zero-order valence-corrected chi connectivity index (χ0v) is 10.5. The smallest absolute Gasteiger partial charge is 0.308 e. The Morgan fingerprint density at radius 2 is 2.24 bits per heavy atom. The highest BCUT2D eigenvalue weighted by Gasteiger charge is 2.28. The lowest BCUT2D eigenvalue weighted by Gasteiger charge is -2.31. The summed E-state index contributed by atoms with van der Waals surface area (Å²) in [6.45, 7) is 3.55. The number of carbonyl (C=O) groups is 2. The Labute approximate surface area is 102 Å². The average molecular weight is 243 g/mol. The number of rotatable bonds is 5. The maximum Gasteiger partial charge on any atom is 0.308 e. The Bertz CT molecular complexity index is 280. The molecule has 5 heteroatoms. The third kappa shape index (κ3) is 4.34. The first-order valence-electron chi connectivity index (χ1n) is 6.04. The van der Waals surface area contributed by atoms with Crippen LogP contribution in [0.15, 0.2) is 0 Å². The number of likely N-dealkylation sites (tertiary alicyclic amines) is 1. The first-order valence-corrected chi connectivity index (χ1v) is 6.04. The van der Waals surface area contributed by atoms with Crippen molar-refractivity contribution in [2.45, 2.75) is 26.2 Å². The lowest BCUT2D eigenvalue weighted by molar-refractivity contribution is -0.146. The van der Waals surface area contributed by atoms with E-state index in [2.05, 4.69) is 0 Å². The molecule has 2 unspecified atom stereocenters. The number of hydrogen-bond acceptors (Lipinski definition) is 3. The Hall–Kier alpha value is -1.10. The number of ether oxygens (including phenoxy) is 1. The molecule has 0 aromatic carbocycles. The summed E-state index contributed by atoms with van der Waals surface area (Å²) in [6.07, 6.45) is 1.88. The molecule has 0 saturated carbocycles. The second kappa shape index (κ2) is 6.59. The summed E-state index contributed by atoms with van der Waals surface area (Å²) in [6, 6.07) is 0. The summed E-state index contributed by atoms with van der Waals surface area (Å²) in [4.78, 5) is 24.5. The van der Waals surface area contributed by atoms with E-state index in [1.807, 2.05) is 6.92 Å². The van der Waals surface area contributed by atoms with Crippen molar-refractivity contribution in [2.24, 2.45) is 11.8 Å². The maximum absolute atomic E-state index is 11.9. The third-order valence-corrected chi connectivity index (χ3v) is 3.10. The van der Waals surface area contributed by atoms with Crippen molar-refractivity contribution in [2.75, 3.05) is 26.8 Å². The van der Waals surface area contributed by atoms with Crippen molar-refractivity contribution in [1.29, 1.82) is 0 Å². The Kier molecular flexibility index (Phi) is 5.41. The van der Waals surface area contributed by atoms with Gasteiger partial charge in [0, 0.05) is 33.2 Å². The van der Waals surface area contributed by atoms with E-state index in [1.54, 1.807) is 12.0 Å². The van der Waals surface area contributed by atoms with Gasteiger partial charge in [0.25, 0.3) is 0 Å². The van der Waals surface area contributed by atoms with Crippen molar-refractivity contribution in [3.05, 3.63) is 0 Å². The summed E-state index contributed by atoms with van der Waals surface area (Å²) in [5.74, 6) is -0.976. The van der Waals surface area contributed by atoms with Crippen LogP contribution in [0.25, 0.3) is 0 Å². The predicted octanol–water partition coefficient (Wildman–Crippen LogP) is 0.982. The molecule has 1 heterocycles. The molecule has 0 radical (unpaired) electrons. The van der Waals surface area contributed by atoms with Gasteiger partial charge in [0.05, 0.1) is 5.92 Å². The highest BCUT2D eigenvalue weighted by Crippen LogP contribution is 2.18. The number of methoxy groups -OCH3 is 1. The molecule has 1 aliphatic rings. The molecule has 1 aliphatic heterocycles. The second-order valence-electron chi connectivity index (χ2n) is 4.78. The van der Waals surface area contributed by atoms with Crippen molar-refractivity contribution < 1.29 is 19.4 Å². The fourth-order valence-electron chi connectivity index (χ4n) is 2.18. The van der Waals surface area contributed by atoms with Crippen molar-refractivity contribution in [3.8, 4) is 0 Å². The molecule has 1 rings (SSSR count). The Morgan fingerprint density at radius 3 is 2.82 bits per heavy atom. The molecule has 0 bridgehead atoms. The minimum Gasteiger partial charge on any atom is -0.481 e. The second-order valence-corrected chi connectivity index (χ2v) is 4.78. The van der Waals surface area contributed by atoms with Crippen LogP contribution in [0.1, 0.15) is 26.2 Å². The zero-order chi connectivity index (χ0) is 12.8. The molecule has 1 amide bonds. The monoisotopic (exact) mass is 243 g/mol. The van der Waals surface area contributed by atoms with Crippen LogP contribution in [-0.2, 0) is 14.3 Å². The van der Waals surface area contributed by atoms with Gasteiger partial charge in [0.1, 0.15) is 0 Å². The van der Waals surface area contributed by atoms with Crippen LogP contribution < -0.4 is 0 Å². The van der Waals surface area contributed by atoms with Crippen molar-refractivity contribution in [3.63, 3.8) is 0 Å². The van der Waals surface area contributed by atoms with Crippen molar-refractivity contribution >= 4 is 11.9 Å². The molecule has 1 saturated heterocycles. The van der Waals surface area contributed by atoms with Crippen LogP contribution in [0.2, 0.25) is 0 Å². The molecule has 98 valence electrons. The van der Waals surface area contributed by atoms with E-state index < -0.39 is 11.9 Å².